The molecule has 3 heterocycles. The van der Waals surface area contributed by atoms with Crippen molar-refractivity contribution >= 4 is 58.0 Å². The molecule has 2 fully saturated rings. The van der Waals surface area contributed by atoms with Crippen LogP contribution in [0, 0.1) is 0 Å². The average molecular weight is 906 g/mol. The van der Waals surface area contributed by atoms with Crippen molar-refractivity contribution in [1.29, 1.82) is 0 Å². The molecule has 3 aliphatic rings. The van der Waals surface area contributed by atoms with Gasteiger partial charge in [0.25, 0.3) is 11.8 Å². The Morgan fingerprint density at radius 3 is 2.00 bits per heavy atom. The minimum absolute atomic E-state index is 0.0593. The molecule has 0 aromatic heterocycles. The number of piperidine rings is 1. The Hall–Kier alpha value is -5.90. The molecule has 0 saturated carbocycles. The number of halogens is 1. The van der Waals surface area contributed by atoms with Crippen LogP contribution in [0.25, 0.3) is 11.1 Å². The van der Waals surface area contributed by atoms with E-state index in [4.69, 9.17) is 30.5 Å². The molecule has 65 heavy (non-hydrogen) atoms. The van der Waals surface area contributed by atoms with E-state index in [2.05, 4.69) is 76.2 Å². The number of amides is 5. The maximum absolute atomic E-state index is 13.2. The van der Waals surface area contributed by atoms with E-state index in [1.54, 1.807) is 18.2 Å². The first-order chi connectivity index (χ1) is 31.8. The SMILES string of the molecule is O=C1CCC(N2C(=O)c3cccc(NCCOCCOCCOCCC(=O)N4CCN(CCOc5ccc(/C(=C(/CCCl)c6ccccc6)c6ccccc6)cc5)CC4)c3C2=O)C(=O)N1. The molecular formula is C50H56ClN5O9. The number of anilines is 1. The number of rotatable bonds is 23. The molecule has 1 atom stereocenters. The van der Waals surface area contributed by atoms with Crippen LogP contribution in [-0.2, 0) is 28.6 Å². The second-order valence-electron chi connectivity index (χ2n) is 15.8. The highest BCUT2D eigenvalue weighted by atomic mass is 35.5. The molecule has 342 valence electrons. The molecule has 5 amide bonds. The molecule has 4 aromatic carbocycles. The monoisotopic (exact) mass is 905 g/mol. The normalized spacial score (nSPS) is 16.9. The number of hydrogen-bond donors (Lipinski definition) is 2. The first kappa shape index (κ1) is 47.1. The number of carbonyl (C=O) groups excluding carboxylic acids is 5. The lowest BCUT2D eigenvalue weighted by Gasteiger charge is -2.34. The van der Waals surface area contributed by atoms with Crippen LogP contribution in [0.5, 0.6) is 5.75 Å². The van der Waals surface area contributed by atoms with Gasteiger partial charge in [0, 0.05) is 57.3 Å². The first-order valence-electron chi connectivity index (χ1n) is 22.3. The van der Waals surface area contributed by atoms with Gasteiger partial charge in [0.1, 0.15) is 18.4 Å². The number of nitrogens with zero attached hydrogens (tertiary/aromatic N) is 3. The summed E-state index contributed by atoms with van der Waals surface area (Å²) in [5.74, 6) is -0.771. The van der Waals surface area contributed by atoms with Crippen LogP contribution in [0.2, 0.25) is 0 Å². The molecule has 4 aromatic rings. The number of carbonyl (C=O) groups is 5. The Balaban J connectivity index is 0.725. The van der Waals surface area contributed by atoms with Gasteiger partial charge in [-0.3, -0.25) is 39.1 Å². The number of piperazine rings is 1. The van der Waals surface area contributed by atoms with Gasteiger partial charge in [-0.05, 0) is 64.9 Å². The van der Waals surface area contributed by atoms with Gasteiger partial charge in [0.2, 0.25) is 17.7 Å². The minimum Gasteiger partial charge on any atom is -0.492 e. The zero-order chi connectivity index (χ0) is 45.4. The molecule has 14 nitrogen and oxygen atoms in total. The Morgan fingerprint density at radius 2 is 1.32 bits per heavy atom. The summed E-state index contributed by atoms with van der Waals surface area (Å²) in [7, 11) is 0. The number of ether oxygens (including phenoxy) is 4. The summed E-state index contributed by atoms with van der Waals surface area (Å²) in [6.45, 7) is 6.68. The topological polar surface area (TPSA) is 156 Å². The highest BCUT2D eigenvalue weighted by molar-refractivity contribution is 6.25. The van der Waals surface area contributed by atoms with Crippen LogP contribution in [0.3, 0.4) is 0 Å². The number of nitrogens with one attached hydrogen (secondary N) is 2. The van der Waals surface area contributed by atoms with Gasteiger partial charge in [0.15, 0.2) is 0 Å². The summed E-state index contributed by atoms with van der Waals surface area (Å²) < 4.78 is 23.1. The minimum atomic E-state index is -1.02. The standard InChI is InChI=1S/C50H56ClN5O9/c51-22-20-40(36-8-3-1-4-9-36)46(37-10-5-2-6-11-37)38-14-16-39(17-15-38)65-31-28-54-24-26-55(27-25-54)45(58)21-29-62-32-34-64-35-33-63-30-23-52-42-13-7-12-41-47(42)50(61)56(49(41)60)43-18-19-44(57)53-48(43)59/h1-17,43,52H,18-35H2,(H,53,57,59)/b46-40-. The fourth-order valence-electron chi connectivity index (χ4n) is 8.28. The number of imide groups is 2. The van der Waals surface area contributed by atoms with Crippen molar-refractivity contribution in [3.63, 3.8) is 0 Å². The lowest BCUT2D eigenvalue weighted by Crippen LogP contribution is -2.54. The number of hydrogen-bond acceptors (Lipinski definition) is 11. The second-order valence-corrected chi connectivity index (χ2v) is 16.2. The molecular weight excluding hydrogens is 850 g/mol. The van der Waals surface area contributed by atoms with E-state index in [0.717, 1.165) is 53.4 Å². The van der Waals surface area contributed by atoms with Gasteiger partial charge >= 0.3 is 0 Å². The quantitative estimate of drug-likeness (QED) is 0.0405. The van der Waals surface area contributed by atoms with E-state index in [0.29, 0.717) is 83.9 Å². The zero-order valence-corrected chi connectivity index (χ0v) is 37.3. The van der Waals surface area contributed by atoms with Gasteiger partial charge in [0.05, 0.1) is 57.2 Å². The molecule has 0 bridgehead atoms. The molecule has 1 unspecified atom stereocenters. The summed E-state index contributed by atoms with van der Waals surface area (Å²) in [6.07, 6.45) is 1.21. The molecule has 2 saturated heterocycles. The lowest BCUT2D eigenvalue weighted by atomic mass is 9.88. The fraction of sp³-hybridized carbons (Fsp3) is 0.380. The lowest BCUT2D eigenvalue weighted by molar-refractivity contribution is -0.136. The highest BCUT2D eigenvalue weighted by Gasteiger charge is 2.45. The maximum Gasteiger partial charge on any atom is 0.264 e. The third-order valence-electron chi connectivity index (χ3n) is 11.6. The van der Waals surface area contributed by atoms with E-state index in [1.807, 2.05) is 29.2 Å². The van der Waals surface area contributed by atoms with Crippen molar-refractivity contribution in [2.45, 2.75) is 31.7 Å². The summed E-state index contributed by atoms with van der Waals surface area (Å²) in [4.78, 5) is 68.2. The van der Waals surface area contributed by atoms with Gasteiger partial charge < -0.3 is 29.2 Å². The second kappa shape index (κ2) is 23.9. The van der Waals surface area contributed by atoms with E-state index in [9.17, 15) is 24.0 Å². The van der Waals surface area contributed by atoms with Gasteiger partial charge in [-0.25, -0.2) is 0 Å². The van der Waals surface area contributed by atoms with E-state index in [1.165, 1.54) is 11.1 Å². The van der Waals surface area contributed by atoms with Crippen LogP contribution in [0.15, 0.2) is 103 Å². The van der Waals surface area contributed by atoms with E-state index >= 15 is 0 Å². The fourth-order valence-corrected chi connectivity index (χ4v) is 8.47. The summed E-state index contributed by atoms with van der Waals surface area (Å²) >= 11 is 6.32. The molecule has 0 spiro atoms. The van der Waals surface area contributed by atoms with Crippen LogP contribution < -0.4 is 15.4 Å². The van der Waals surface area contributed by atoms with Crippen molar-refractivity contribution in [2.75, 3.05) is 96.7 Å². The molecule has 2 N–H and O–H groups in total. The summed E-state index contributed by atoms with van der Waals surface area (Å²) in [5.41, 5.74) is 6.67. The van der Waals surface area contributed by atoms with Crippen molar-refractivity contribution in [3.8, 4) is 5.75 Å². The van der Waals surface area contributed by atoms with E-state index < -0.39 is 29.7 Å². The molecule has 15 heteroatoms. The number of fused-ring (bicyclic) bond motifs is 1. The van der Waals surface area contributed by atoms with Crippen molar-refractivity contribution < 1.29 is 42.9 Å². The van der Waals surface area contributed by atoms with Gasteiger partial charge in [-0.1, -0.05) is 78.9 Å². The predicted molar refractivity (Wildman–Crippen MR) is 248 cm³/mol. The first-order valence-corrected chi connectivity index (χ1v) is 22.8. The Kier molecular flexibility index (Phi) is 17.3. The summed E-state index contributed by atoms with van der Waals surface area (Å²) in [6, 6.07) is 33.0. The Labute approximate surface area is 384 Å². The highest BCUT2D eigenvalue weighted by Crippen LogP contribution is 2.36. The maximum atomic E-state index is 13.2. The predicted octanol–water partition coefficient (Wildman–Crippen LogP) is 5.75. The van der Waals surface area contributed by atoms with Gasteiger partial charge in [-0.15, -0.1) is 11.6 Å². The molecule has 0 radical (unpaired) electrons. The Bertz CT molecular complexity index is 2290. The number of allylic oxidation sites excluding steroid dienone is 1. The third kappa shape index (κ3) is 12.5. The van der Waals surface area contributed by atoms with Crippen molar-refractivity contribution in [2.24, 2.45) is 0 Å². The van der Waals surface area contributed by atoms with Crippen molar-refractivity contribution in [1.82, 2.24) is 20.0 Å². The van der Waals surface area contributed by atoms with Gasteiger partial charge in [-0.2, -0.15) is 0 Å². The van der Waals surface area contributed by atoms with Crippen LogP contribution in [-0.4, -0.2) is 142 Å². The molecule has 3 aliphatic heterocycles. The summed E-state index contributed by atoms with van der Waals surface area (Å²) in [5, 5.41) is 5.35. The zero-order valence-electron chi connectivity index (χ0n) is 36.5. The molecule has 7 rings (SSSR count). The molecule has 0 aliphatic carbocycles. The van der Waals surface area contributed by atoms with Crippen LogP contribution >= 0.6 is 11.6 Å². The smallest absolute Gasteiger partial charge is 0.264 e. The number of alkyl halides is 1. The number of benzene rings is 4. The Morgan fingerprint density at radius 1 is 0.677 bits per heavy atom. The average Bonchev–Trinajstić information content (AvgIpc) is 3.59. The van der Waals surface area contributed by atoms with E-state index in [-0.39, 0.29) is 29.9 Å². The van der Waals surface area contributed by atoms with Crippen LogP contribution in [0.1, 0.15) is 63.1 Å². The largest absolute Gasteiger partial charge is 0.492 e. The third-order valence-corrected chi connectivity index (χ3v) is 11.8. The van der Waals surface area contributed by atoms with Crippen LogP contribution in [0.4, 0.5) is 5.69 Å². The van der Waals surface area contributed by atoms with Crippen molar-refractivity contribution in [3.05, 3.63) is 131 Å².